The van der Waals surface area contributed by atoms with Crippen molar-refractivity contribution in [1.82, 2.24) is 9.38 Å². The lowest BCUT2D eigenvalue weighted by molar-refractivity contribution is 0.412. The fourth-order valence-electron chi connectivity index (χ4n) is 3.92. The predicted molar refractivity (Wildman–Crippen MR) is 111 cm³/mol. The quantitative estimate of drug-likeness (QED) is 0.414. The fraction of sp³-hybridized carbons (Fsp3) is 0.292. The van der Waals surface area contributed by atoms with Crippen molar-refractivity contribution in [3.8, 4) is 11.4 Å². The average molecular weight is 342 g/mol. The second kappa shape index (κ2) is 5.98. The summed E-state index contributed by atoms with van der Waals surface area (Å²) in [7, 11) is 0. The van der Waals surface area contributed by atoms with Gasteiger partial charge in [0.1, 0.15) is 5.82 Å². The van der Waals surface area contributed by atoms with Gasteiger partial charge in [-0.25, -0.2) is 4.98 Å². The van der Waals surface area contributed by atoms with Crippen LogP contribution in [0.15, 0.2) is 54.7 Å². The highest BCUT2D eigenvalue weighted by atomic mass is 15.0. The maximum absolute atomic E-state index is 4.77. The molecule has 2 nitrogen and oxygen atoms in total. The highest BCUT2D eigenvalue weighted by Gasteiger charge is 2.16. The minimum atomic E-state index is 0.259. The van der Waals surface area contributed by atoms with Crippen molar-refractivity contribution in [1.29, 1.82) is 0 Å². The van der Waals surface area contributed by atoms with E-state index in [-0.39, 0.29) is 5.41 Å². The first-order chi connectivity index (χ1) is 12.3. The Morgan fingerprint density at radius 1 is 0.923 bits per heavy atom. The third kappa shape index (κ3) is 3.01. The maximum Gasteiger partial charge on any atom is 0.145 e. The van der Waals surface area contributed by atoms with Gasteiger partial charge in [0.05, 0.1) is 17.2 Å². The second-order valence-corrected chi connectivity index (χ2v) is 8.64. The first kappa shape index (κ1) is 16.8. The molecule has 0 spiro atoms. The van der Waals surface area contributed by atoms with Crippen molar-refractivity contribution in [3.63, 3.8) is 0 Å². The van der Waals surface area contributed by atoms with Crippen LogP contribution >= 0.6 is 0 Å². The fourth-order valence-corrected chi connectivity index (χ4v) is 3.92. The molecule has 0 saturated heterocycles. The molecule has 0 N–H and O–H groups in total. The molecule has 0 aliphatic rings. The molecule has 2 heterocycles. The van der Waals surface area contributed by atoms with E-state index in [1.165, 1.54) is 33.2 Å². The van der Waals surface area contributed by atoms with Gasteiger partial charge in [0.25, 0.3) is 0 Å². The van der Waals surface area contributed by atoms with Gasteiger partial charge in [0.2, 0.25) is 0 Å². The Balaban J connectivity index is 2.01. The Labute approximate surface area is 155 Å². The number of benzene rings is 2. The average Bonchev–Trinajstić information content (AvgIpc) is 2.97. The van der Waals surface area contributed by atoms with E-state index in [1.807, 2.05) is 6.20 Å². The van der Waals surface area contributed by atoms with Crippen molar-refractivity contribution < 1.29 is 0 Å². The van der Waals surface area contributed by atoms with Gasteiger partial charge in [0, 0.05) is 10.9 Å². The highest BCUT2D eigenvalue weighted by Crippen LogP contribution is 2.30. The predicted octanol–water partition coefficient (Wildman–Crippen LogP) is 6.36. The van der Waals surface area contributed by atoms with Crippen molar-refractivity contribution in [2.45, 2.75) is 41.0 Å². The first-order valence-electron chi connectivity index (χ1n) is 9.29. The molecule has 2 aromatic carbocycles. The summed E-state index contributed by atoms with van der Waals surface area (Å²) in [5.74, 6) is 1.02. The molecule has 0 radical (unpaired) electrons. The van der Waals surface area contributed by atoms with E-state index >= 15 is 0 Å². The normalized spacial score (nSPS) is 12.2. The summed E-state index contributed by atoms with van der Waals surface area (Å²) in [5, 5.41) is 1.32. The van der Waals surface area contributed by atoms with Crippen LogP contribution in [-0.4, -0.2) is 9.38 Å². The summed E-state index contributed by atoms with van der Waals surface area (Å²) in [6, 6.07) is 17.7. The van der Waals surface area contributed by atoms with Gasteiger partial charge in [-0.3, -0.25) is 4.40 Å². The Kier molecular flexibility index (Phi) is 3.87. The first-order valence-corrected chi connectivity index (χ1v) is 9.29. The summed E-state index contributed by atoms with van der Waals surface area (Å²) >= 11 is 0. The van der Waals surface area contributed by atoms with E-state index in [4.69, 9.17) is 4.98 Å². The van der Waals surface area contributed by atoms with E-state index in [0.717, 1.165) is 17.8 Å². The molecular weight excluding hydrogens is 316 g/mol. The zero-order chi connectivity index (χ0) is 18.5. The SMILES string of the molecule is Cc1cc(C)cc(-c2ncc3ccc4c(CC(C)(C)C)cccc4n23)c1. The van der Waals surface area contributed by atoms with E-state index in [9.17, 15) is 0 Å². The molecule has 0 aliphatic heterocycles. The minimum absolute atomic E-state index is 0.259. The van der Waals surface area contributed by atoms with Crippen LogP contribution in [0.1, 0.15) is 37.5 Å². The molecule has 0 amide bonds. The minimum Gasteiger partial charge on any atom is -0.292 e. The van der Waals surface area contributed by atoms with Crippen LogP contribution in [0.2, 0.25) is 0 Å². The smallest absolute Gasteiger partial charge is 0.145 e. The molecule has 0 unspecified atom stereocenters. The lowest BCUT2D eigenvalue weighted by Crippen LogP contribution is -2.09. The third-order valence-corrected chi connectivity index (χ3v) is 4.82. The van der Waals surface area contributed by atoms with Crippen LogP contribution in [0.5, 0.6) is 0 Å². The van der Waals surface area contributed by atoms with Crippen LogP contribution < -0.4 is 0 Å². The molecule has 0 bridgehead atoms. The molecule has 2 heteroatoms. The number of rotatable bonds is 2. The summed E-state index contributed by atoms with van der Waals surface area (Å²) < 4.78 is 2.30. The third-order valence-electron chi connectivity index (χ3n) is 4.82. The van der Waals surface area contributed by atoms with Crippen molar-refractivity contribution in [3.05, 3.63) is 71.4 Å². The van der Waals surface area contributed by atoms with Gasteiger partial charge in [0.15, 0.2) is 0 Å². The Hall–Kier alpha value is -2.61. The number of imidazole rings is 1. The van der Waals surface area contributed by atoms with E-state index in [0.29, 0.717) is 0 Å². The number of aryl methyl sites for hydroxylation is 2. The summed E-state index contributed by atoms with van der Waals surface area (Å²) in [4.78, 5) is 4.77. The molecule has 0 atom stereocenters. The van der Waals surface area contributed by atoms with Crippen molar-refractivity contribution in [2.75, 3.05) is 0 Å². The molecule has 0 aliphatic carbocycles. The number of aromatic nitrogens is 2. The summed E-state index contributed by atoms with van der Waals surface area (Å²) in [6.45, 7) is 11.2. The van der Waals surface area contributed by atoms with Crippen LogP contribution in [0.25, 0.3) is 27.8 Å². The van der Waals surface area contributed by atoms with Crippen LogP contribution in [0, 0.1) is 19.3 Å². The van der Waals surface area contributed by atoms with E-state index in [2.05, 4.69) is 87.6 Å². The number of pyridine rings is 1. The summed E-state index contributed by atoms with van der Waals surface area (Å²) in [6.07, 6.45) is 3.03. The Morgan fingerprint density at radius 2 is 1.65 bits per heavy atom. The van der Waals surface area contributed by atoms with E-state index < -0.39 is 0 Å². The largest absolute Gasteiger partial charge is 0.292 e. The van der Waals surface area contributed by atoms with Crippen molar-refractivity contribution in [2.24, 2.45) is 5.41 Å². The zero-order valence-corrected chi connectivity index (χ0v) is 16.3. The molecule has 26 heavy (non-hydrogen) atoms. The molecule has 2 aromatic heterocycles. The van der Waals surface area contributed by atoms with Crippen LogP contribution in [-0.2, 0) is 6.42 Å². The topological polar surface area (TPSA) is 17.3 Å². The van der Waals surface area contributed by atoms with Crippen LogP contribution in [0.4, 0.5) is 0 Å². The lowest BCUT2D eigenvalue weighted by atomic mass is 9.86. The van der Waals surface area contributed by atoms with Crippen molar-refractivity contribution >= 4 is 16.4 Å². The highest BCUT2D eigenvalue weighted by molar-refractivity contribution is 5.87. The van der Waals surface area contributed by atoms with Gasteiger partial charge in [-0.1, -0.05) is 56.2 Å². The van der Waals surface area contributed by atoms with Gasteiger partial charge < -0.3 is 0 Å². The Morgan fingerprint density at radius 3 is 2.35 bits per heavy atom. The number of nitrogens with zero attached hydrogens (tertiary/aromatic N) is 2. The Bertz CT molecular complexity index is 1090. The lowest BCUT2D eigenvalue weighted by Gasteiger charge is -2.20. The van der Waals surface area contributed by atoms with Crippen LogP contribution in [0.3, 0.4) is 0 Å². The van der Waals surface area contributed by atoms with Gasteiger partial charge >= 0.3 is 0 Å². The number of hydrogen-bond donors (Lipinski definition) is 0. The number of hydrogen-bond acceptors (Lipinski definition) is 1. The maximum atomic E-state index is 4.77. The second-order valence-electron chi connectivity index (χ2n) is 8.64. The van der Waals surface area contributed by atoms with Gasteiger partial charge in [-0.2, -0.15) is 0 Å². The molecule has 0 saturated carbocycles. The molecule has 4 aromatic rings. The monoisotopic (exact) mass is 342 g/mol. The molecular formula is C24H26N2. The molecule has 132 valence electrons. The van der Waals surface area contributed by atoms with Gasteiger partial charge in [-0.15, -0.1) is 0 Å². The molecule has 4 rings (SSSR count). The molecule has 0 fully saturated rings. The van der Waals surface area contributed by atoms with Gasteiger partial charge in [-0.05, 0) is 55.5 Å². The summed E-state index contributed by atoms with van der Waals surface area (Å²) in [5.41, 5.74) is 7.74. The van der Waals surface area contributed by atoms with E-state index in [1.54, 1.807) is 0 Å². The standard InChI is InChI=1S/C24H26N2/c1-16-11-17(2)13-19(12-16)23-25-15-20-9-10-21-18(14-24(3,4)5)7-6-8-22(21)26(20)23/h6-13,15H,14H2,1-5H3. The number of fused-ring (bicyclic) bond motifs is 3. The zero-order valence-electron chi connectivity index (χ0n) is 16.3.